The van der Waals surface area contributed by atoms with Gasteiger partial charge in [0.05, 0.1) is 6.61 Å². The van der Waals surface area contributed by atoms with Gasteiger partial charge in [0, 0.05) is 19.2 Å². The predicted octanol–water partition coefficient (Wildman–Crippen LogP) is 2.58. The van der Waals surface area contributed by atoms with Crippen molar-refractivity contribution in [2.45, 2.75) is 52.0 Å². The molecular formula is C12H25NO. The second-order valence-corrected chi connectivity index (χ2v) is 4.40. The summed E-state index contributed by atoms with van der Waals surface area (Å²) >= 11 is 0. The third-order valence-corrected chi connectivity index (χ3v) is 3.17. The van der Waals surface area contributed by atoms with Crippen molar-refractivity contribution in [1.29, 1.82) is 0 Å². The first kappa shape index (κ1) is 12.0. The Hall–Kier alpha value is -0.0800. The van der Waals surface area contributed by atoms with Crippen LogP contribution in [-0.2, 0) is 4.74 Å². The summed E-state index contributed by atoms with van der Waals surface area (Å²) in [6, 6.07) is 0.683. The van der Waals surface area contributed by atoms with Gasteiger partial charge in [-0.3, -0.25) is 0 Å². The first-order valence-electron chi connectivity index (χ1n) is 6.15. The summed E-state index contributed by atoms with van der Waals surface area (Å²) in [5.41, 5.74) is 0. The molecule has 1 unspecified atom stereocenters. The molecule has 2 heteroatoms. The Bertz CT molecular complexity index is 132. The second kappa shape index (κ2) is 7.24. The molecule has 2 nitrogen and oxygen atoms in total. The van der Waals surface area contributed by atoms with E-state index in [0.29, 0.717) is 6.04 Å². The molecule has 0 aromatic heterocycles. The molecule has 0 aromatic carbocycles. The van der Waals surface area contributed by atoms with Gasteiger partial charge in [-0.05, 0) is 32.1 Å². The molecule has 1 aliphatic carbocycles. The van der Waals surface area contributed by atoms with E-state index < -0.39 is 0 Å². The summed E-state index contributed by atoms with van der Waals surface area (Å²) in [7, 11) is 0. The van der Waals surface area contributed by atoms with Crippen molar-refractivity contribution in [2.24, 2.45) is 5.92 Å². The summed E-state index contributed by atoms with van der Waals surface area (Å²) in [5, 5.41) is 3.56. The SMILES string of the molecule is CCCOCCNC(C)C1CCCC1. The van der Waals surface area contributed by atoms with Gasteiger partial charge in [0.15, 0.2) is 0 Å². The number of hydrogen-bond donors (Lipinski definition) is 1. The average Bonchev–Trinajstić information content (AvgIpc) is 2.70. The topological polar surface area (TPSA) is 21.3 Å². The summed E-state index contributed by atoms with van der Waals surface area (Å²) in [6.07, 6.45) is 6.83. The number of ether oxygens (including phenoxy) is 1. The van der Waals surface area contributed by atoms with Gasteiger partial charge in [-0.1, -0.05) is 19.8 Å². The third kappa shape index (κ3) is 4.43. The van der Waals surface area contributed by atoms with Gasteiger partial charge >= 0.3 is 0 Å². The quantitative estimate of drug-likeness (QED) is 0.636. The highest BCUT2D eigenvalue weighted by Gasteiger charge is 2.20. The molecule has 0 spiro atoms. The Morgan fingerprint density at radius 2 is 2.00 bits per heavy atom. The Morgan fingerprint density at radius 3 is 2.64 bits per heavy atom. The fourth-order valence-electron chi connectivity index (χ4n) is 2.23. The van der Waals surface area contributed by atoms with Crippen molar-refractivity contribution in [3.8, 4) is 0 Å². The highest BCUT2D eigenvalue weighted by molar-refractivity contribution is 4.76. The van der Waals surface area contributed by atoms with Crippen LogP contribution in [0.5, 0.6) is 0 Å². The molecule has 0 saturated heterocycles. The number of nitrogens with one attached hydrogen (secondary N) is 1. The van der Waals surface area contributed by atoms with Gasteiger partial charge in [-0.2, -0.15) is 0 Å². The first-order valence-corrected chi connectivity index (χ1v) is 6.15. The first-order chi connectivity index (χ1) is 6.84. The van der Waals surface area contributed by atoms with Gasteiger partial charge in [0.25, 0.3) is 0 Å². The van der Waals surface area contributed by atoms with Gasteiger partial charge < -0.3 is 10.1 Å². The zero-order valence-electron chi connectivity index (χ0n) is 9.72. The van der Waals surface area contributed by atoms with Crippen molar-refractivity contribution in [3.63, 3.8) is 0 Å². The largest absolute Gasteiger partial charge is 0.380 e. The van der Waals surface area contributed by atoms with Crippen LogP contribution in [0.15, 0.2) is 0 Å². The van der Waals surface area contributed by atoms with E-state index in [1.807, 2.05) is 0 Å². The van der Waals surface area contributed by atoms with E-state index >= 15 is 0 Å². The van der Waals surface area contributed by atoms with Crippen LogP contribution >= 0.6 is 0 Å². The smallest absolute Gasteiger partial charge is 0.0590 e. The molecule has 1 N–H and O–H groups in total. The van der Waals surface area contributed by atoms with Crippen molar-refractivity contribution < 1.29 is 4.74 Å². The van der Waals surface area contributed by atoms with Crippen molar-refractivity contribution in [3.05, 3.63) is 0 Å². The minimum Gasteiger partial charge on any atom is -0.380 e. The van der Waals surface area contributed by atoms with Crippen LogP contribution in [-0.4, -0.2) is 25.8 Å². The highest BCUT2D eigenvalue weighted by Crippen LogP contribution is 2.27. The van der Waals surface area contributed by atoms with Crippen LogP contribution in [0.3, 0.4) is 0 Å². The fraction of sp³-hybridized carbons (Fsp3) is 1.00. The average molecular weight is 199 g/mol. The molecule has 84 valence electrons. The summed E-state index contributed by atoms with van der Waals surface area (Å²) in [4.78, 5) is 0. The molecule has 0 heterocycles. The molecule has 0 radical (unpaired) electrons. The normalized spacial score (nSPS) is 20.1. The summed E-state index contributed by atoms with van der Waals surface area (Å²) in [5.74, 6) is 0.918. The molecular weight excluding hydrogens is 174 g/mol. The van der Waals surface area contributed by atoms with Gasteiger partial charge in [0.1, 0.15) is 0 Å². The predicted molar refractivity (Wildman–Crippen MR) is 60.5 cm³/mol. The van der Waals surface area contributed by atoms with E-state index in [9.17, 15) is 0 Å². The molecule has 1 fully saturated rings. The van der Waals surface area contributed by atoms with E-state index in [0.717, 1.165) is 32.1 Å². The molecule has 14 heavy (non-hydrogen) atoms. The van der Waals surface area contributed by atoms with E-state index in [2.05, 4.69) is 19.2 Å². The lowest BCUT2D eigenvalue weighted by molar-refractivity contribution is 0.132. The van der Waals surface area contributed by atoms with Crippen LogP contribution in [0.25, 0.3) is 0 Å². The molecule has 1 aliphatic rings. The zero-order chi connectivity index (χ0) is 10.2. The summed E-state index contributed by atoms with van der Waals surface area (Å²) in [6.45, 7) is 7.24. The van der Waals surface area contributed by atoms with Crippen LogP contribution in [0.1, 0.15) is 46.0 Å². The van der Waals surface area contributed by atoms with E-state index in [-0.39, 0.29) is 0 Å². The lowest BCUT2D eigenvalue weighted by atomic mass is 10.00. The monoisotopic (exact) mass is 199 g/mol. The van der Waals surface area contributed by atoms with E-state index in [1.165, 1.54) is 25.7 Å². The van der Waals surface area contributed by atoms with E-state index in [4.69, 9.17) is 4.74 Å². The van der Waals surface area contributed by atoms with Crippen LogP contribution in [0.4, 0.5) is 0 Å². The minimum absolute atomic E-state index is 0.683. The lowest BCUT2D eigenvalue weighted by Gasteiger charge is -2.20. The standard InChI is InChI=1S/C12H25NO/c1-3-9-14-10-8-13-11(2)12-6-4-5-7-12/h11-13H,3-10H2,1-2H3. The zero-order valence-corrected chi connectivity index (χ0v) is 9.72. The molecule has 0 aliphatic heterocycles. The molecule has 0 amide bonds. The maximum Gasteiger partial charge on any atom is 0.0590 e. The van der Waals surface area contributed by atoms with Crippen molar-refractivity contribution >= 4 is 0 Å². The maximum atomic E-state index is 5.43. The van der Waals surface area contributed by atoms with Crippen LogP contribution in [0, 0.1) is 5.92 Å². The van der Waals surface area contributed by atoms with Crippen LogP contribution < -0.4 is 5.32 Å². The minimum atomic E-state index is 0.683. The number of hydrogen-bond acceptors (Lipinski definition) is 2. The van der Waals surface area contributed by atoms with Gasteiger partial charge in [-0.25, -0.2) is 0 Å². The van der Waals surface area contributed by atoms with Crippen molar-refractivity contribution in [1.82, 2.24) is 5.32 Å². The Kier molecular flexibility index (Phi) is 6.20. The maximum absolute atomic E-state index is 5.43. The molecule has 1 saturated carbocycles. The van der Waals surface area contributed by atoms with Crippen LogP contribution in [0.2, 0.25) is 0 Å². The Labute approximate surface area is 88.4 Å². The van der Waals surface area contributed by atoms with E-state index in [1.54, 1.807) is 0 Å². The molecule has 0 aromatic rings. The van der Waals surface area contributed by atoms with Crippen molar-refractivity contribution in [2.75, 3.05) is 19.8 Å². The van der Waals surface area contributed by atoms with Gasteiger partial charge in [-0.15, -0.1) is 0 Å². The Balaban J connectivity index is 1.94. The lowest BCUT2D eigenvalue weighted by Crippen LogP contribution is -2.34. The fourth-order valence-corrected chi connectivity index (χ4v) is 2.23. The Morgan fingerprint density at radius 1 is 1.29 bits per heavy atom. The third-order valence-electron chi connectivity index (χ3n) is 3.17. The number of rotatable bonds is 7. The molecule has 1 atom stereocenters. The molecule has 1 rings (SSSR count). The summed E-state index contributed by atoms with van der Waals surface area (Å²) < 4.78 is 5.43. The highest BCUT2D eigenvalue weighted by atomic mass is 16.5. The second-order valence-electron chi connectivity index (χ2n) is 4.40. The van der Waals surface area contributed by atoms with Gasteiger partial charge in [0.2, 0.25) is 0 Å². The molecule has 0 bridgehead atoms.